The van der Waals surface area contributed by atoms with Crippen LogP contribution in [0.2, 0.25) is 0 Å². The topological polar surface area (TPSA) is 29.7 Å². The molecule has 0 unspecified atom stereocenters. The number of benzene rings is 4. The van der Waals surface area contributed by atoms with Crippen molar-refractivity contribution in [3.8, 4) is 33.4 Å². The molecule has 0 saturated carbocycles. The summed E-state index contributed by atoms with van der Waals surface area (Å²) in [5.41, 5.74) is 14.3. The van der Waals surface area contributed by atoms with Crippen molar-refractivity contribution in [3.63, 3.8) is 0 Å². The van der Waals surface area contributed by atoms with Crippen LogP contribution >= 0.6 is 11.3 Å². The number of aromatic nitrogens is 2. The van der Waals surface area contributed by atoms with E-state index in [1.54, 1.807) is 24.6 Å². The van der Waals surface area contributed by atoms with E-state index >= 15 is 0 Å². The Kier molecular flexibility index (Phi) is 6.04. The number of hydrogen-bond donors (Lipinski definition) is 0. The highest BCUT2D eigenvalue weighted by Gasteiger charge is 2.35. The van der Waals surface area contributed by atoms with E-state index in [1.807, 2.05) is 12.2 Å². The van der Waals surface area contributed by atoms with Gasteiger partial charge in [0.2, 0.25) is 0 Å². The second-order valence-corrected chi connectivity index (χ2v) is 13.1. The molecule has 0 atom stereocenters. The molecule has 212 valence electrons. The van der Waals surface area contributed by atoms with Gasteiger partial charge in [0, 0.05) is 35.0 Å². The number of thiophene rings is 1. The number of fused-ring (bicyclic) bond motifs is 8. The van der Waals surface area contributed by atoms with Crippen LogP contribution < -0.4 is 0 Å². The molecule has 4 heteroatoms. The van der Waals surface area contributed by atoms with Crippen molar-refractivity contribution < 1.29 is 0 Å². The maximum atomic E-state index is 4.94. The summed E-state index contributed by atoms with van der Waals surface area (Å²) in [7, 11) is 1.77. The monoisotopic (exact) mass is 585 g/mol. The molecular weight excluding hydrogens is 555 g/mol. The highest BCUT2D eigenvalue weighted by molar-refractivity contribution is 7.25. The van der Waals surface area contributed by atoms with Crippen molar-refractivity contribution in [2.24, 2.45) is 4.99 Å². The molecule has 1 aliphatic rings. The molecule has 3 nitrogen and oxygen atoms in total. The van der Waals surface area contributed by atoms with Gasteiger partial charge in [0.15, 0.2) is 0 Å². The van der Waals surface area contributed by atoms with E-state index < -0.39 is 0 Å². The lowest BCUT2D eigenvalue weighted by Gasteiger charge is -2.22. The van der Waals surface area contributed by atoms with Gasteiger partial charge in [0.1, 0.15) is 16.0 Å². The third-order valence-corrected chi connectivity index (χ3v) is 10.2. The fourth-order valence-electron chi connectivity index (χ4n) is 6.64. The van der Waals surface area contributed by atoms with Crippen LogP contribution in [0.5, 0.6) is 0 Å². The Labute approximate surface area is 261 Å². The standard InChI is InChI=1S/C40H31N3S/c1-25(8-7-21-41-4)28-15-18-31-32-19-16-29(23-35(32)40(2,3)34(31)22-28)26-11-13-27(14-12-26)30-17-20-37-42-38-33-9-5-6-10-36(33)44-39(38)43(37)24-30/h5-24H,1H2,2-4H3/b8-7-,41-21?. The van der Waals surface area contributed by atoms with E-state index in [4.69, 9.17) is 4.98 Å². The van der Waals surface area contributed by atoms with Crippen LogP contribution in [-0.4, -0.2) is 22.6 Å². The van der Waals surface area contributed by atoms with Crippen LogP contribution in [0.15, 0.2) is 127 Å². The molecule has 0 fully saturated rings. The highest BCUT2D eigenvalue weighted by Crippen LogP contribution is 2.50. The Balaban J connectivity index is 1.11. The molecule has 3 heterocycles. The normalized spacial score (nSPS) is 13.9. The molecule has 0 saturated heterocycles. The molecule has 0 aliphatic heterocycles. The molecule has 0 bridgehead atoms. The van der Waals surface area contributed by atoms with Crippen LogP contribution in [0.1, 0.15) is 30.5 Å². The van der Waals surface area contributed by atoms with Gasteiger partial charge >= 0.3 is 0 Å². The number of allylic oxidation sites excluding steroid dienone is 3. The molecule has 3 aromatic heterocycles. The van der Waals surface area contributed by atoms with Crippen molar-refractivity contribution >= 4 is 49.2 Å². The average molecular weight is 586 g/mol. The lowest BCUT2D eigenvalue weighted by molar-refractivity contribution is 0.660. The Bertz CT molecular complexity index is 2330. The first-order valence-corrected chi connectivity index (χ1v) is 15.7. The second kappa shape index (κ2) is 10.0. The Morgan fingerprint density at radius 2 is 1.50 bits per heavy atom. The fraction of sp³-hybridized carbons (Fsp3) is 0.100. The number of hydrogen-bond acceptors (Lipinski definition) is 3. The molecule has 0 spiro atoms. The van der Waals surface area contributed by atoms with Gasteiger partial charge in [-0.15, -0.1) is 11.3 Å². The minimum Gasteiger partial charge on any atom is -0.297 e. The third-order valence-electron chi connectivity index (χ3n) is 9.05. The zero-order valence-electron chi connectivity index (χ0n) is 25.0. The second-order valence-electron chi connectivity index (χ2n) is 12.0. The Morgan fingerprint density at radius 1 is 0.818 bits per heavy atom. The molecule has 44 heavy (non-hydrogen) atoms. The number of imidazole rings is 1. The zero-order chi connectivity index (χ0) is 30.0. The SMILES string of the molecule is C=C(/C=C\C=NC)c1ccc2c(c1)C(C)(C)c1cc(-c3ccc(-c4ccc5nc6c7ccccc7sc6n5c4)cc3)ccc1-2. The largest absolute Gasteiger partial charge is 0.297 e. The summed E-state index contributed by atoms with van der Waals surface area (Å²) in [4.78, 5) is 10.2. The van der Waals surface area contributed by atoms with Crippen LogP contribution in [-0.2, 0) is 5.41 Å². The van der Waals surface area contributed by atoms with E-state index in [1.165, 1.54) is 59.4 Å². The summed E-state index contributed by atoms with van der Waals surface area (Å²) in [5.74, 6) is 0. The molecule has 0 radical (unpaired) electrons. The zero-order valence-corrected chi connectivity index (χ0v) is 25.8. The summed E-state index contributed by atoms with van der Waals surface area (Å²) in [5, 5.41) is 1.23. The van der Waals surface area contributed by atoms with Crippen molar-refractivity contribution in [3.05, 3.63) is 139 Å². The molecule has 1 aliphatic carbocycles. The van der Waals surface area contributed by atoms with E-state index in [0.29, 0.717) is 0 Å². The maximum absolute atomic E-state index is 4.94. The van der Waals surface area contributed by atoms with Gasteiger partial charge < -0.3 is 0 Å². The van der Waals surface area contributed by atoms with E-state index in [9.17, 15) is 0 Å². The number of rotatable bonds is 5. The predicted octanol–water partition coefficient (Wildman–Crippen LogP) is 10.6. The van der Waals surface area contributed by atoms with Gasteiger partial charge in [-0.25, -0.2) is 4.98 Å². The van der Waals surface area contributed by atoms with Gasteiger partial charge in [0.25, 0.3) is 0 Å². The van der Waals surface area contributed by atoms with E-state index in [-0.39, 0.29) is 5.41 Å². The summed E-state index contributed by atoms with van der Waals surface area (Å²) < 4.78 is 3.51. The van der Waals surface area contributed by atoms with E-state index in [2.05, 4.69) is 133 Å². The number of nitrogens with zero attached hydrogens (tertiary/aromatic N) is 3. The molecule has 4 aromatic carbocycles. The first-order chi connectivity index (χ1) is 21.4. The summed E-state index contributed by atoms with van der Waals surface area (Å²) >= 11 is 1.80. The molecule has 0 N–H and O–H groups in total. The molecule has 7 aromatic rings. The molecule has 8 rings (SSSR count). The van der Waals surface area contributed by atoms with Gasteiger partial charge in [-0.05, 0) is 92.1 Å². The highest BCUT2D eigenvalue weighted by atomic mass is 32.1. The minimum absolute atomic E-state index is 0.108. The maximum Gasteiger partial charge on any atom is 0.138 e. The van der Waals surface area contributed by atoms with Crippen LogP contribution in [0.25, 0.3) is 65.0 Å². The van der Waals surface area contributed by atoms with Gasteiger partial charge in [-0.2, -0.15) is 0 Å². The first kappa shape index (κ1) is 26.6. The smallest absolute Gasteiger partial charge is 0.138 e. The Morgan fingerprint density at radius 3 is 2.30 bits per heavy atom. The quantitative estimate of drug-likeness (QED) is 0.146. The van der Waals surface area contributed by atoms with Crippen molar-refractivity contribution in [1.82, 2.24) is 9.38 Å². The van der Waals surface area contributed by atoms with Gasteiger partial charge in [0.05, 0.1) is 0 Å². The molecule has 0 amide bonds. The van der Waals surface area contributed by atoms with Crippen LogP contribution in [0.3, 0.4) is 0 Å². The number of pyridine rings is 1. The lowest BCUT2D eigenvalue weighted by Crippen LogP contribution is -2.15. The summed E-state index contributed by atoms with van der Waals surface area (Å²) in [6.07, 6.45) is 7.96. The average Bonchev–Trinajstić information content (AvgIpc) is 3.67. The number of aliphatic imine (C=N–C) groups is 1. The predicted molar refractivity (Wildman–Crippen MR) is 189 cm³/mol. The Hall–Kier alpha value is -5.06. The van der Waals surface area contributed by atoms with Crippen LogP contribution in [0.4, 0.5) is 0 Å². The van der Waals surface area contributed by atoms with Crippen molar-refractivity contribution in [2.75, 3.05) is 7.05 Å². The van der Waals surface area contributed by atoms with E-state index in [0.717, 1.165) is 22.3 Å². The summed E-state index contributed by atoms with van der Waals surface area (Å²) in [6.45, 7) is 8.94. The van der Waals surface area contributed by atoms with Gasteiger partial charge in [-0.1, -0.05) is 93.2 Å². The summed E-state index contributed by atoms with van der Waals surface area (Å²) in [6, 6.07) is 35.4. The molecular formula is C40H31N3S. The van der Waals surface area contributed by atoms with Crippen molar-refractivity contribution in [1.29, 1.82) is 0 Å². The fourth-order valence-corrected chi connectivity index (χ4v) is 7.76. The lowest BCUT2D eigenvalue weighted by atomic mass is 9.81. The first-order valence-electron chi connectivity index (χ1n) is 14.9. The third kappa shape index (κ3) is 4.10. The van der Waals surface area contributed by atoms with Gasteiger partial charge in [-0.3, -0.25) is 9.39 Å². The van der Waals surface area contributed by atoms with Crippen LogP contribution in [0, 0.1) is 0 Å². The van der Waals surface area contributed by atoms with Crippen molar-refractivity contribution in [2.45, 2.75) is 19.3 Å². The minimum atomic E-state index is -0.108.